The highest BCUT2D eigenvalue weighted by Crippen LogP contribution is 2.20. The van der Waals surface area contributed by atoms with Crippen LogP contribution in [-0.2, 0) is 26.1 Å². The van der Waals surface area contributed by atoms with E-state index in [2.05, 4.69) is 39.5 Å². The summed E-state index contributed by atoms with van der Waals surface area (Å²) in [7, 11) is 0. The summed E-state index contributed by atoms with van der Waals surface area (Å²) in [5, 5.41) is 3.16. The number of nitrogens with zero attached hydrogens (tertiary/aromatic N) is 2. The zero-order valence-corrected chi connectivity index (χ0v) is 11.1. The van der Waals surface area contributed by atoms with Crippen molar-refractivity contribution >= 4 is 11.3 Å². The molecule has 2 N–H and O–H groups in total. The SMILES string of the molecule is NCc1nc(CN2CCc3ccccc3C2)cs1. The van der Waals surface area contributed by atoms with Crippen LogP contribution in [0.3, 0.4) is 0 Å². The number of nitrogens with two attached hydrogens (primary N) is 1. The molecule has 0 spiro atoms. The topological polar surface area (TPSA) is 42.1 Å². The summed E-state index contributed by atoms with van der Waals surface area (Å²) in [5.41, 5.74) is 9.70. The lowest BCUT2D eigenvalue weighted by atomic mass is 10.00. The van der Waals surface area contributed by atoms with Gasteiger partial charge in [-0.15, -0.1) is 11.3 Å². The van der Waals surface area contributed by atoms with Crippen molar-refractivity contribution in [1.29, 1.82) is 0 Å². The molecule has 0 unspecified atom stereocenters. The Hall–Kier alpha value is -1.23. The van der Waals surface area contributed by atoms with Crippen molar-refractivity contribution in [3.8, 4) is 0 Å². The van der Waals surface area contributed by atoms with Crippen molar-refractivity contribution in [2.24, 2.45) is 5.73 Å². The second-order valence-electron chi connectivity index (χ2n) is 4.67. The molecule has 1 aliphatic heterocycles. The van der Waals surface area contributed by atoms with Gasteiger partial charge in [-0.1, -0.05) is 24.3 Å². The Kier molecular flexibility index (Phi) is 3.41. The van der Waals surface area contributed by atoms with Gasteiger partial charge in [-0.3, -0.25) is 4.90 Å². The highest BCUT2D eigenvalue weighted by Gasteiger charge is 2.16. The van der Waals surface area contributed by atoms with Gasteiger partial charge in [-0.25, -0.2) is 4.98 Å². The lowest BCUT2D eigenvalue weighted by Gasteiger charge is -2.27. The molecule has 2 heterocycles. The normalized spacial score (nSPS) is 15.6. The Labute approximate surface area is 111 Å². The van der Waals surface area contributed by atoms with Crippen LogP contribution < -0.4 is 5.73 Å². The van der Waals surface area contributed by atoms with E-state index in [0.717, 1.165) is 36.8 Å². The summed E-state index contributed by atoms with van der Waals surface area (Å²) in [4.78, 5) is 6.99. The number of fused-ring (bicyclic) bond motifs is 1. The zero-order chi connectivity index (χ0) is 12.4. The minimum absolute atomic E-state index is 0.549. The number of aromatic nitrogens is 1. The van der Waals surface area contributed by atoms with Crippen molar-refractivity contribution in [3.05, 3.63) is 51.5 Å². The largest absolute Gasteiger partial charge is 0.325 e. The maximum Gasteiger partial charge on any atom is 0.106 e. The number of rotatable bonds is 3. The number of hydrogen-bond acceptors (Lipinski definition) is 4. The van der Waals surface area contributed by atoms with Crippen molar-refractivity contribution in [2.45, 2.75) is 26.1 Å². The predicted octanol–water partition coefficient (Wildman–Crippen LogP) is 2.16. The van der Waals surface area contributed by atoms with Crippen LogP contribution in [0.15, 0.2) is 29.6 Å². The van der Waals surface area contributed by atoms with Crippen LogP contribution in [0.5, 0.6) is 0 Å². The first-order valence-electron chi connectivity index (χ1n) is 6.27. The highest BCUT2D eigenvalue weighted by molar-refractivity contribution is 7.09. The Balaban J connectivity index is 1.69. The average molecular weight is 259 g/mol. The third-order valence-corrected chi connectivity index (χ3v) is 4.29. The molecule has 1 aromatic heterocycles. The van der Waals surface area contributed by atoms with Gasteiger partial charge in [0.1, 0.15) is 5.01 Å². The Morgan fingerprint density at radius 2 is 2.11 bits per heavy atom. The summed E-state index contributed by atoms with van der Waals surface area (Å²) in [6.45, 7) is 3.64. The van der Waals surface area contributed by atoms with Gasteiger partial charge in [0.2, 0.25) is 0 Å². The minimum atomic E-state index is 0.549. The second kappa shape index (κ2) is 5.18. The first kappa shape index (κ1) is 11.8. The summed E-state index contributed by atoms with van der Waals surface area (Å²) in [6.07, 6.45) is 1.14. The van der Waals surface area contributed by atoms with E-state index in [1.165, 1.54) is 11.1 Å². The van der Waals surface area contributed by atoms with E-state index in [9.17, 15) is 0 Å². The molecule has 0 aliphatic carbocycles. The van der Waals surface area contributed by atoms with Gasteiger partial charge in [0, 0.05) is 31.6 Å². The molecule has 0 amide bonds. The quantitative estimate of drug-likeness (QED) is 0.918. The molecular weight excluding hydrogens is 242 g/mol. The van der Waals surface area contributed by atoms with Crippen LogP contribution >= 0.6 is 11.3 Å². The van der Waals surface area contributed by atoms with Crippen LogP contribution in [0.25, 0.3) is 0 Å². The fourth-order valence-electron chi connectivity index (χ4n) is 2.43. The molecule has 2 aromatic rings. The number of hydrogen-bond donors (Lipinski definition) is 1. The maximum atomic E-state index is 5.59. The number of thiazole rings is 1. The summed E-state index contributed by atoms with van der Waals surface area (Å²) in [5.74, 6) is 0. The smallest absolute Gasteiger partial charge is 0.106 e. The van der Waals surface area contributed by atoms with E-state index >= 15 is 0 Å². The zero-order valence-electron chi connectivity index (χ0n) is 10.3. The maximum absolute atomic E-state index is 5.59. The van der Waals surface area contributed by atoms with E-state index in [4.69, 9.17) is 5.73 Å². The molecule has 0 saturated heterocycles. The van der Waals surface area contributed by atoms with Crippen molar-refractivity contribution in [1.82, 2.24) is 9.88 Å². The molecule has 3 rings (SSSR count). The second-order valence-corrected chi connectivity index (χ2v) is 5.61. The first-order valence-corrected chi connectivity index (χ1v) is 7.15. The molecule has 4 heteroatoms. The van der Waals surface area contributed by atoms with Crippen LogP contribution in [0, 0.1) is 0 Å². The van der Waals surface area contributed by atoms with Crippen molar-refractivity contribution in [3.63, 3.8) is 0 Å². The molecule has 0 atom stereocenters. The molecule has 0 saturated carbocycles. The van der Waals surface area contributed by atoms with Crippen LogP contribution in [0.1, 0.15) is 21.8 Å². The van der Waals surface area contributed by atoms with E-state index < -0.39 is 0 Å². The molecule has 18 heavy (non-hydrogen) atoms. The summed E-state index contributed by atoms with van der Waals surface area (Å²) in [6, 6.07) is 8.72. The Morgan fingerprint density at radius 1 is 1.28 bits per heavy atom. The van der Waals surface area contributed by atoms with Gasteiger partial charge in [0.15, 0.2) is 0 Å². The minimum Gasteiger partial charge on any atom is -0.325 e. The fraction of sp³-hybridized carbons (Fsp3) is 0.357. The van der Waals surface area contributed by atoms with E-state index in [-0.39, 0.29) is 0 Å². The molecule has 0 fully saturated rings. The predicted molar refractivity (Wildman–Crippen MR) is 74.3 cm³/mol. The van der Waals surface area contributed by atoms with Gasteiger partial charge >= 0.3 is 0 Å². The molecule has 1 aromatic carbocycles. The molecule has 0 bridgehead atoms. The van der Waals surface area contributed by atoms with E-state index in [0.29, 0.717) is 6.54 Å². The van der Waals surface area contributed by atoms with E-state index in [1.807, 2.05) is 0 Å². The van der Waals surface area contributed by atoms with Gasteiger partial charge < -0.3 is 5.73 Å². The summed E-state index contributed by atoms with van der Waals surface area (Å²) < 4.78 is 0. The molecule has 3 nitrogen and oxygen atoms in total. The molecular formula is C14H17N3S. The lowest BCUT2D eigenvalue weighted by molar-refractivity contribution is 0.243. The Morgan fingerprint density at radius 3 is 2.89 bits per heavy atom. The first-order chi connectivity index (χ1) is 8.85. The fourth-order valence-corrected chi connectivity index (χ4v) is 3.10. The Bertz CT molecular complexity index is 535. The highest BCUT2D eigenvalue weighted by atomic mass is 32.1. The third-order valence-electron chi connectivity index (χ3n) is 3.37. The molecule has 94 valence electrons. The monoisotopic (exact) mass is 259 g/mol. The standard InChI is InChI=1S/C14H17N3S/c15-7-14-16-13(10-18-14)9-17-6-5-11-3-1-2-4-12(11)8-17/h1-4,10H,5-9,15H2. The molecule has 1 aliphatic rings. The lowest BCUT2D eigenvalue weighted by Crippen LogP contribution is -2.30. The van der Waals surface area contributed by atoms with Crippen LogP contribution in [0.4, 0.5) is 0 Å². The third kappa shape index (κ3) is 2.46. The average Bonchev–Trinajstić information content (AvgIpc) is 2.86. The number of benzene rings is 1. The van der Waals surface area contributed by atoms with Crippen molar-refractivity contribution in [2.75, 3.05) is 6.54 Å². The van der Waals surface area contributed by atoms with Crippen LogP contribution in [-0.4, -0.2) is 16.4 Å². The van der Waals surface area contributed by atoms with Gasteiger partial charge in [-0.2, -0.15) is 0 Å². The van der Waals surface area contributed by atoms with Crippen LogP contribution in [0.2, 0.25) is 0 Å². The molecule has 0 radical (unpaired) electrons. The van der Waals surface area contributed by atoms with E-state index in [1.54, 1.807) is 11.3 Å². The van der Waals surface area contributed by atoms with Gasteiger partial charge in [0.25, 0.3) is 0 Å². The van der Waals surface area contributed by atoms with Gasteiger partial charge in [-0.05, 0) is 17.5 Å². The van der Waals surface area contributed by atoms with Gasteiger partial charge in [0.05, 0.1) is 5.69 Å². The summed E-state index contributed by atoms with van der Waals surface area (Å²) >= 11 is 1.66. The van der Waals surface area contributed by atoms with Crippen molar-refractivity contribution < 1.29 is 0 Å².